The molecule has 26 heavy (non-hydrogen) atoms. The van der Waals surface area contributed by atoms with Gasteiger partial charge in [-0.05, 0) is 50.6 Å². The summed E-state index contributed by atoms with van der Waals surface area (Å²) in [5, 5.41) is 8.77. The summed E-state index contributed by atoms with van der Waals surface area (Å²) < 4.78 is 5.78. The summed E-state index contributed by atoms with van der Waals surface area (Å²) in [5.41, 5.74) is 0.590. The first-order valence-electron chi connectivity index (χ1n) is 9.54. The molecule has 1 aromatic rings. The second kappa shape index (κ2) is 7.15. The summed E-state index contributed by atoms with van der Waals surface area (Å²) in [6.07, 6.45) is 4.34. The van der Waals surface area contributed by atoms with Crippen LogP contribution < -0.4 is 0 Å². The minimum Gasteiger partial charge on any atom is -0.414 e. The Balaban J connectivity index is 1.59. The molecule has 1 aromatic heterocycles. The lowest BCUT2D eigenvalue weighted by Crippen LogP contribution is -2.38. The third kappa shape index (κ3) is 4.09. The van der Waals surface area contributed by atoms with Crippen molar-refractivity contribution in [3.05, 3.63) is 5.89 Å². The molecule has 1 aliphatic carbocycles. The topological polar surface area (TPSA) is 62.5 Å². The summed E-state index contributed by atoms with van der Waals surface area (Å²) in [7, 11) is 4.00. The van der Waals surface area contributed by atoms with Gasteiger partial charge in [0.05, 0.1) is 11.8 Å². The van der Waals surface area contributed by atoms with E-state index in [9.17, 15) is 4.79 Å². The number of amides is 1. The number of carbonyl (C=O) groups excluding carboxylic acids is 1. The number of hydrogen-bond acceptors (Lipinski definition) is 6. The third-order valence-electron chi connectivity index (χ3n) is 5.77. The fourth-order valence-electron chi connectivity index (χ4n) is 5.13. The molecule has 3 rings (SSSR count). The quantitative estimate of drug-likeness (QED) is 0.703. The average molecular weight is 381 g/mol. The Bertz CT molecular complexity index is 660. The molecule has 2 fully saturated rings. The Morgan fingerprint density at radius 3 is 2.73 bits per heavy atom. The maximum Gasteiger partial charge on any atom is 0.277 e. The number of carbonyl (C=O) groups is 1. The SMILES string of the molecule is CC[C@H](c1nnc(SCC(=O)N2C[C@@]3(C)C[C@@H]2CC(C)(C)C3)o1)N(C)C. The van der Waals surface area contributed by atoms with Crippen LogP contribution >= 0.6 is 11.8 Å². The van der Waals surface area contributed by atoms with Gasteiger partial charge in [0.25, 0.3) is 5.22 Å². The Labute approximate surface area is 161 Å². The van der Waals surface area contributed by atoms with E-state index in [1.165, 1.54) is 18.2 Å². The van der Waals surface area contributed by atoms with E-state index in [0.717, 1.165) is 25.8 Å². The second-order valence-electron chi connectivity index (χ2n) is 9.32. The highest BCUT2D eigenvalue weighted by molar-refractivity contribution is 7.99. The van der Waals surface area contributed by atoms with Gasteiger partial charge in [-0.3, -0.25) is 9.69 Å². The standard InChI is InChI=1S/C19H32N4O2S/c1-7-14(22(5)6)16-20-21-17(25-16)26-10-15(24)23-12-19(4)9-13(23)8-18(2,3)11-19/h13-14H,7-12H2,1-6H3/t13-,14+,19-/m0/s1. The molecule has 0 unspecified atom stereocenters. The van der Waals surface area contributed by atoms with Crippen LogP contribution in [0.3, 0.4) is 0 Å². The first kappa shape index (κ1) is 19.7. The monoisotopic (exact) mass is 380 g/mol. The maximum absolute atomic E-state index is 12.8. The zero-order valence-electron chi connectivity index (χ0n) is 16.9. The van der Waals surface area contributed by atoms with Crippen molar-refractivity contribution in [2.75, 3.05) is 26.4 Å². The zero-order chi connectivity index (χ0) is 19.1. The molecular formula is C19H32N4O2S. The molecule has 3 atom stereocenters. The predicted molar refractivity (Wildman–Crippen MR) is 103 cm³/mol. The van der Waals surface area contributed by atoms with Gasteiger partial charge in [0.2, 0.25) is 11.8 Å². The van der Waals surface area contributed by atoms with Crippen molar-refractivity contribution in [3.63, 3.8) is 0 Å². The highest BCUT2D eigenvalue weighted by Gasteiger charge is 2.50. The maximum atomic E-state index is 12.8. The molecule has 1 amide bonds. The fourth-order valence-corrected chi connectivity index (χ4v) is 5.79. The summed E-state index contributed by atoms with van der Waals surface area (Å²) in [5.74, 6) is 1.19. The number of rotatable bonds is 6. The van der Waals surface area contributed by atoms with Crippen LogP contribution in [0.1, 0.15) is 65.3 Å². The van der Waals surface area contributed by atoms with Gasteiger partial charge in [-0.1, -0.05) is 39.5 Å². The van der Waals surface area contributed by atoms with Gasteiger partial charge in [0, 0.05) is 12.6 Å². The summed E-state index contributed by atoms with van der Waals surface area (Å²) in [6.45, 7) is 9.97. The molecule has 1 saturated carbocycles. The molecule has 2 heterocycles. The number of fused-ring (bicyclic) bond motifs is 2. The van der Waals surface area contributed by atoms with Gasteiger partial charge >= 0.3 is 0 Å². The normalized spacial score (nSPS) is 28.6. The Morgan fingerprint density at radius 2 is 2.08 bits per heavy atom. The van der Waals surface area contributed by atoms with Crippen LogP contribution in [0.2, 0.25) is 0 Å². The molecule has 6 nitrogen and oxygen atoms in total. The second-order valence-corrected chi connectivity index (χ2v) is 10.2. The van der Waals surface area contributed by atoms with Gasteiger partial charge in [0.15, 0.2) is 0 Å². The van der Waals surface area contributed by atoms with Crippen LogP contribution in [0, 0.1) is 10.8 Å². The smallest absolute Gasteiger partial charge is 0.277 e. The van der Waals surface area contributed by atoms with Crippen LogP contribution in [0.5, 0.6) is 0 Å². The number of nitrogens with zero attached hydrogens (tertiary/aromatic N) is 4. The first-order chi connectivity index (χ1) is 12.1. The number of thioether (sulfide) groups is 1. The van der Waals surface area contributed by atoms with Crippen LogP contribution in [-0.4, -0.2) is 58.3 Å². The number of likely N-dealkylation sites (tertiary alicyclic amines) is 1. The van der Waals surface area contributed by atoms with Gasteiger partial charge in [0.1, 0.15) is 0 Å². The minimum absolute atomic E-state index is 0.118. The van der Waals surface area contributed by atoms with E-state index in [2.05, 4.69) is 47.7 Å². The van der Waals surface area contributed by atoms with Crippen molar-refractivity contribution in [3.8, 4) is 0 Å². The van der Waals surface area contributed by atoms with Crippen molar-refractivity contribution < 1.29 is 9.21 Å². The molecular weight excluding hydrogens is 348 g/mol. The molecule has 1 saturated heterocycles. The van der Waals surface area contributed by atoms with Gasteiger partial charge in [-0.25, -0.2) is 0 Å². The molecule has 1 aliphatic heterocycles. The van der Waals surface area contributed by atoms with E-state index in [1.54, 1.807) is 0 Å². The fraction of sp³-hybridized carbons (Fsp3) is 0.842. The Kier molecular flexibility index (Phi) is 5.41. The Morgan fingerprint density at radius 1 is 1.35 bits per heavy atom. The lowest BCUT2D eigenvalue weighted by molar-refractivity contribution is -0.129. The molecule has 7 heteroatoms. The van der Waals surface area contributed by atoms with Crippen LogP contribution in [0.15, 0.2) is 9.64 Å². The predicted octanol–water partition coefficient (Wildman–Crippen LogP) is 3.60. The molecule has 0 N–H and O–H groups in total. The third-order valence-corrected chi connectivity index (χ3v) is 6.57. The first-order valence-corrected chi connectivity index (χ1v) is 10.5. The van der Waals surface area contributed by atoms with E-state index in [4.69, 9.17) is 4.42 Å². The number of aromatic nitrogens is 2. The minimum atomic E-state index is 0.118. The highest BCUT2D eigenvalue weighted by atomic mass is 32.2. The van der Waals surface area contributed by atoms with Crippen molar-refractivity contribution in [1.29, 1.82) is 0 Å². The molecule has 0 radical (unpaired) electrons. The summed E-state index contributed by atoms with van der Waals surface area (Å²) in [4.78, 5) is 17.0. The largest absolute Gasteiger partial charge is 0.414 e. The summed E-state index contributed by atoms with van der Waals surface area (Å²) in [6, 6.07) is 0.501. The van der Waals surface area contributed by atoms with Crippen LogP contribution in [0.4, 0.5) is 0 Å². The average Bonchev–Trinajstić information content (AvgIpc) is 3.06. The van der Waals surface area contributed by atoms with Gasteiger partial charge < -0.3 is 9.32 Å². The van der Waals surface area contributed by atoms with E-state index < -0.39 is 0 Å². The lowest BCUT2D eigenvalue weighted by Gasteiger charge is -2.39. The molecule has 2 bridgehead atoms. The lowest BCUT2D eigenvalue weighted by atomic mass is 9.65. The van der Waals surface area contributed by atoms with Crippen molar-refractivity contribution in [2.24, 2.45) is 10.8 Å². The van der Waals surface area contributed by atoms with Gasteiger partial charge in [-0.2, -0.15) is 0 Å². The van der Waals surface area contributed by atoms with Crippen LogP contribution in [-0.2, 0) is 4.79 Å². The molecule has 0 spiro atoms. The zero-order valence-corrected chi connectivity index (χ0v) is 17.7. The molecule has 0 aromatic carbocycles. The van der Waals surface area contributed by atoms with E-state index in [-0.39, 0.29) is 17.4 Å². The van der Waals surface area contributed by atoms with E-state index in [0.29, 0.717) is 28.3 Å². The van der Waals surface area contributed by atoms with Crippen molar-refractivity contribution in [2.45, 2.75) is 70.7 Å². The van der Waals surface area contributed by atoms with E-state index >= 15 is 0 Å². The molecule has 146 valence electrons. The van der Waals surface area contributed by atoms with Crippen molar-refractivity contribution in [1.82, 2.24) is 20.0 Å². The van der Waals surface area contributed by atoms with E-state index in [1.807, 2.05) is 14.1 Å². The van der Waals surface area contributed by atoms with Crippen molar-refractivity contribution >= 4 is 17.7 Å². The number of hydrogen-bond donors (Lipinski definition) is 0. The Hall–Kier alpha value is -1.08. The highest BCUT2D eigenvalue weighted by Crippen LogP contribution is 2.52. The van der Waals surface area contributed by atoms with Crippen LogP contribution in [0.25, 0.3) is 0 Å². The summed E-state index contributed by atoms with van der Waals surface area (Å²) >= 11 is 1.36. The van der Waals surface area contributed by atoms with Gasteiger partial charge in [-0.15, -0.1) is 10.2 Å². The molecule has 2 aliphatic rings.